The molecule has 6 aromatic carbocycles. The summed E-state index contributed by atoms with van der Waals surface area (Å²) >= 11 is 0. The van der Waals surface area contributed by atoms with Gasteiger partial charge in [-0.2, -0.15) is 0 Å². The normalized spacial score (nSPS) is 10.9. The van der Waals surface area contributed by atoms with Crippen LogP contribution in [0.3, 0.4) is 0 Å². The van der Waals surface area contributed by atoms with Gasteiger partial charge in [0.15, 0.2) is 0 Å². The first-order valence-corrected chi connectivity index (χ1v) is 14.0. The minimum atomic E-state index is 0.984. The van der Waals surface area contributed by atoms with Crippen molar-refractivity contribution in [2.45, 2.75) is 0 Å². The zero-order valence-corrected chi connectivity index (χ0v) is 23.2. The molecule has 0 radical (unpaired) electrons. The maximum atomic E-state index is 3.31. The zero-order chi connectivity index (χ0) is 28.4. The Morgan fingerprint density at radius 2 is 0.476 bits per heavy atom. The minimum Gasteiger partial charge on any atom is -0.0622 e. The molecule has 0 aliphatic heterocycles. The van der Waals surface area contributed by atoms with Gasteiger partial charge in [-0.15, -0.1) is 0 Å². The minimum absolute atomic E-state index is 0.984. The first kappa shape index (κ1) is 26.4. The molecular weight excluding hydrogens is 504 g/mol. The molecule has 0 heterocycles. The second-order valence-electron chi connectivity index (χ2n) is 9.87. The van der Waals surface area contributed by atoms with Crippen molar-refractivity contribution in [1.29, 1.82) is 0 Å². The fraction of sp³-hybridized carbons (Fsp3) is 0. The van der Waals surface area contributed by atoms with Crippen LogP contribution < -0.4 is 0 Å². The van der Waals surface area contributed by atoms with Crippen molar-refractivity contribution < 1.29 is 0 Å². The average molecular weight is 533 g/mol. The predicted molar refractivity (Wildman–Crippen MR) is 176 cm³/mol. The van der Waals surface area contributed by atoms with E-state index in [1.54, 1.807) is 0 Å². The summed E-state index contributed by atoms with van der Waals surface area (Å²) in [6, 6.07) is 58.6. The van der Waals surface area contributed by atoms with E-state index in [4.69, 9.17) is 0 Å². The molecule has 0 saturated heterocycles. The molecule has 42 heavy (non-hydrogen) atoms. The second-order valence-corrected chi connectivity index (χ2v) is 9.87. The van der Waals surface area contributed by atoms with E-state index < -0.39 is 0 Å². The van der Waals surface area contributed by atoms with Crippen LogP contribution in [-0.2, 0) is 0 Å². The van der Waals surface area contributed by atoms with Gasteiger partial charge in [-0.25, -0.2) is 0 Å². The van der Waals surface area contributed by atoms with Crippen LogP contribution in [0.2, 0.25) is 0 Å². The van der Waals surface area contributed by atoms with Gasteiger partial charge in [0.2, 0.25) is 0 Å². The molecule has 0 fully saturated rings. The van der Waals surface area contributed by atoms with E-state index in [0.29, 0.717) is 0 Å². The summed E-state index contributed by atoms with van der Waals surface area (Å²) in [7, 11) is 0. The molecule has 196 valence electrons. The lowest BCUT2D eigenvalue weighted by atomic mass is 9.85. The van der Waals surface area contributed by atoms with Crippen LogP contribution in [0.1, 0.15) is 44.5 Å². The van der Waals surface area contributed by atoms with Gasteiger partial charge >= 0.3 is 0 Å². The van der Waals surface area contributed by atoms with Crippen LogP contribution >= 0.6 is 0 Å². The van der Waals surface area contributed by atoms with Gasteiger partial charge in [0.05, 0.1) is 0 Å². The molecule has 0 aromatic heterocycles. The predicted octanol–water partition coefficient (Wildman–Crippen LogP) is 9.49. The summed E-state index contributed by atoms with van der Waals surface area (Å²) in [4.78, 5) is 0. The lowest BCUT2D eigenvalue weighted by Crippen LogP contribution is -1.98. The van der Waals surface area contributed by atoms with Gasteiger partial charge in [0, 0.05) is 22.3 Å². The Balaban J connectivity index is 1.46. The maximum absolute atomic E-state index is 3.31. The molecular formula is C42H28. The van der Waals surface area contributed by atoms with Crippen molar-refractivity contribution in [3.05, 3.63) is 214 Å². The van der Waals surface area contributed by atoms with Crippen LogP contribution in [0, 0.1) is 23.7 Å². The van der Waals surface area contributed by atoms with E-state index in [1.165, 1.54) is 11.1 Å². The highest BCUT2D eigenvalue weighted by Gasteiger charge is 2.16. The number of hydrogen-bond donors (Lipinski definition) is 0. The molecule has 6 aromatic rings. The highest BCUT2D eigenvalue weighted by Crippen LogP contribution is 2.37. The zero-order valence-electron chi connectivity index (χ0n) is 23.2. The van der Waals surface area contributed by atoms with Gasteiger partial charge in [-0.05, 0) is 81.9 Å². The van der Waals surface area contributed by atoms with Crippen molar-refractivity contribution in [2.24, 2.45) is 0 Å². The number of rotatable bonds is 4. The largest absolute Gasteiger partial charge is 0.0622 e. The van der Waals surface area contributed by atoms with E-state index in [1.807, 2.05) is 60.7 Å². The van der Waals surface area contributed by atoms with E-state index in [2.05, 4.69) is 133 Å². The Morgan fingerprint density at radius 1 is 0.238 bits per heavy atom. The molecule has 0 heteroatoms. The van der Waals surface area contributed by atoms with E-state index >= 15 is 0 Å². The van der Waals surface area contributed by atoms with Crippen LogP contribution in [0.25, 0.3) is 11.1 Å². The smallest absolute Gasteiger partial charge is 0.0249 e. The molecule has 0 spiro atoms. The molecule has 0 N–H and O–H groups in total. The summed E-state index contributed by atoms with van der Waals surface area (Å²) < 4.78 is 0. The van der Waals surface area contributed by atoms with Crippen LogP contribution in [0.4, 0.5) is 0 Å². The molecule has 0 aliphatic rings. The summed E-state index contributed by atoms with van der Waals surface area (Å²) in [5.74, 6) is 13.2. The van der Waals surface area contributed by atoms with Crippen LogP contribution in [-0.4, -0.2) is 0 Å². The number of hydrogen-bond acceptors (Lipinski definition) is 0. The highest BCUT2D eigenvalue weighted by molar-refractivity contribution is 6.04. The van der Waals surface area contributed by atoms with Crippen molar-refractivity contribution >= 4 is 11.1 Å². The Morgan fingerprint density at radius 3 is 0.786 bits per heavy atom. The first-order chi connectivity index (χ1) is 20.8. The Labute approximate surface area is 248 Å². The van der Waals surface area contributed by atoms with Gasteiger partial charge in [0.25, 0.3) is 0 Å². The summed E-state index contributed by atoms with van der Waals surface area (Å²) in [6.07, 6.45) is 0. The lowest BCUT2D eigenvalue weighted by Gasteiger charge is -2.18. The molecule has 6 rings (SSSR count). The third-order valence-electron chi connectivity index (χ3n) is 6.97. The van der Waals surface area contributed by atoms with Gasteiger partial charge in [0.1, 0.15) is 0 Å². The topological polar surface area (TPSA) is 0 Å². The Bertz CT molecular complexity index is 1760. The standard InChI is InChI=1S/C42H28/c1-5-13-33(14-6-1)21-23-35-25-29-39(30-26-35)41(37-17-9-3-10-18-37)42(38-19-11-4-12-20-38)40-31-27-36(28-32-40)24-22-34-15-7-2-8-16-34/h1-20,25-32H/b42-41+. The van der Waals surface area contributed by atoms with E-state index in [-0.39, 0.29) is 0 Å². The molecule has 0 aliphatic carbocycles. The van der Waals surface area contributed by atoms with Gasteiger partial charge in [-0.1, -0.05) is 145 Å². The van der Waals surface area contributed by atoms with E-state index in [9.17, 15) is 0 Å². The second kappa shape index (κ2) is 13.0. The Hall–Kier alpha value is -5.82. The van der Waals surface area contributed by atoms with Crippen molar-refractivity contribution in [1.82, 2.24) is 0 Å². The molecule has 0 saturated carbocycles. The van der Waals surface area contributed by atoms with Gasteiger partial charge in [-0.3, -0.25) is 0 Å². The first-order valence-electron chi connectivity index (χ1n) is 14.0. The SMILES string of the molecule is C(#Cc1ccc(/C(=C(\c2ccccc2)c2ccc(C#Cc3ccccc3)cc2)c2ccccc2)cc1)c1ccccc1. The third kappa shape index (κ3) is 6.48. The van der Waals surface area contributed by atoms with E-state index in [0.717, 1.165) is 44.5 Å². The average Bonchev–Trinajstić information content (AvgIpc) is 3.08. The molecule has 0 amide bonds. The Kier molecular flexibility index (Phi) is 8.19. The molecule has 0 nitrogen and oxygen atoms in total. The quantitative estimate of drug-likeness (QED) is 0.157. The van der Waals surface area contributed by atoms with Crippen LogP contribution in [0.5, 0.6) is 0 Å². The highest BCUT2D eigenvalue weighted by atomic mass is 14.2. The molecule has 0 bridgehead atoms. The van der Waals surface area contributed by atoms with Gasteiger partial charge < -0.3 is 0 Å². The fourth-order valence-electron chi connectivity index (χ4n) is 4.89. The fourth-order valence-corrected chi connectivity index (χ4v) is 4.89. The monoisotopic (exact) mass is 532 g/mol. The van der Waals surface area contributed by atoms with Crippen LogP contribution in [0.15, 0.2) is 170 Å². The molecule has 0 unspecified atom stereocenters. The third-order valence-corrected chi connectivity index (χ3v) is 6.97. The van der Waals surface area contributed by atoms with Crippen molar-refractivity contribution in [2.75, 3.05) is 0 Å². The lowest BCUT2D eigenvalue weighted by molar-refractivity contribution is 1.49. The van der Waals surface area contributed by atoms with Crippen molar-refractivity contribution in [3.63, 3.8) is 0 Å². The van der Waals surface area contributed by atoms with Crippen molar-refractivity contribution in [3.8, 4) is 23.7 Å². The summed E-state index contributed by atoms with van der Waals surface area (Å²) in [5, 5.41) is 0. The summed E-state index contributed by atoms with van der Waals surface area (Å²) in [5.41, 5.74) is 10.9. The maximum Gasteiger partial charge on any atom is 0.0249 e. The number of benzene rings is 6. The molecule has 0 atom stereocenters. The summed E-state index contributed by atoms with van der Waals surface area (Å²) in [6.45, 7) is 0.